The zero-order valence-electron chi connectivity index (χ0n) is 19.8. The minimum atomic E-state index is 0.308. The van der Waals surface area contributed by atoms with Gasteiger partial charge in [0.15, 0.2) is 0 Å². The monoisotopic (exact) mass is 474 g/mol. The maximum absolute atomic E-state index is 2.60. The van der Waals surface area contributed by atoms with Crippen LogP contribution >= 0.6 is 34.4 Å². The van der Waals surface area contributed by atoms with E-state index in [1.807, 2.05) is 11.3 Å². The van der Waals surface area contributed by atoms with Gasteiger partial charge in [-0.05, 0) is 54.2 Å². The lowest BCUT2D eigenvalue weighted by Gasteiger charge is -2.28. The number of unbranched alkanes of at least 4 members (excludes halogenated alkanes) is 10. The summed E-state index contributed by atoms with van der Waals surface area (Å²) in [5.74, 6) is 0. The summed E-state index contributed by atoms with van der Waals surface area (Å²) >= 11 is 6.16. The zero-order chi connectivity index (χ0) is 21.8. The summed E-state index contributed by atoms with van der Waals surface area (Å²) in [7, 11) is 0. The standard InChI is InChI=1S/C28H42S3/c1-3-5-7-9-11-13-16-24-20-22-28(31-24,21-14-12-10-8-6-4-2)27-19-18-26(30-27)25-17-15-23-29-25/h15,17-20,23H,3-14,16,21-22H2,1-2H3. The highest BCUT2D eigenvalue weighted by atomic mass is 32.2. The molecule has 1 aliphatic heterocycles. The van der Waals surface area contributed by atoms with Gasteiger partial charge < -0.3 is 0 Å². The van der Waals surface area contributed by atoms with Crippen molar-refractivity contribution in [2.75, 3.05) is 0 Å². The first kappa shape index (κ1) is 25.1. The fourth-order valence-corrected chi connectivity index (χ4v) is 8.31. The molecule has 0 saturated carbocycles. The molecule has 0 bridgehead atoms. The van der Waals surface area contributed by atoms with Crippen molar-refractivity contribution in [1.29, 1.82) is 0 Å². The summed E-state index contributed by atoms with van der Waals surface area (Å²) in [4.78, 5) is 6.17. The molecule has 1 aliphatic rings. The van der Waals surface area contributed by atoms with Crippen LogP contribution in [0.3, 0.4) is 0 Å². The minimum absolute atomic E-state index is 0.308. The fourth-order valence-electron chi connectivity index (χ4n) is 4.60. The van der Waals surface area contributed by atoms with Gasteiger partial charge in [0.2, 0.25) is 0 Å². The van der Waals surface area contributed by atoms with Crippen molar-refractivity contribution in [1.82, 2.24) is 0 Å². The molecule has 0 aromatic carbocycles. The first-order chi connectivity index (χ1) is 15.3. The summed E-state index contributed by atoms with van der Waals surface area (Å²) in [6.45, 7) is 4.61. The van der Waals surface area contributed by atoms with E-state index < -0.39 is 0 Å². The van der Waals surface area contributed by atoms with Crippen LogP contribution in [0, 0.1) is 0 Å². The van der Waals surface area contributed by atoms with Crippen molar-refractivity contribution in [3.05, 3.63) is 45.5 Å². The molecule has 3 heteroatoms. The van der Waals surface area contributed by atoms with Crippen LogP contribution in [0.2, 0.25) is 0 Å². The average Bonchev–Trinajstić information content (AvgIpc) is 3.53. The highest BCUT2D eigenvalue weighted by molar-refractivity contribution is 8.04. The molecule has 0 N–H and O–H groups in total. The molecular formula is C28H42S3. The zero-order valence-corrected chi connectivity index (χ0v) is 22.2. The second kappa shape index (κ2) is 13.9. The van der Waals surface area contributed by atoms with E-state index in [2.05, 4.69) is 72.7 Å². The highest BCUT2D eigenvalue weighted by Crippen LogP contribution is 2.56. The first-order valence-corrected chi connectivity index (χ1v) is 15.3. The van der Waals surface area contributed by atoms with E-state index in [0.717, 1.165) is 0 Å². The van der Waals surface area contributed by atoms with E-state index >= 15 is 0 Å². The second-order valence-corrected chi connectivity index (χ2v) is 12.7. The largest absolute Gasteiger partial charge is 0.143 e. The molecular weight excluding hydrogens is 433 g/mol. The van der Waals surface area contributed by atoms with Crippen LogP contribution < -0.4 is 0 Å². The Balaban J connectivity index is 1.57. The third kappa shape index (κ3) is 7.79. The van der Waals surface area contributed by atoms with Gasteiger partial charge >= 0.3 is 0 Å². The summed E-state index contributed by atoms with van der Waals surface area (Å²) in [6.07, 6.45) is 23.2. The normalized spacial score (nSPS) is 18.6. The van der Waals surface area contributed by atoms with Crippen LogP contribution in [-0.2, 0) is 4.75 Å². The van der Waals surface area contributed by atoms with E-state index in [0.29, 0.717) is 4.75 Å². The van der Waals surface area contributed by atoms with Gasteiger partial charge in [-0.1, -0.05) is 96.6 Å². The predicted molar refractivity (Wildman–Crippen MR) is 146 cm³/mol. The smallest absolute Gasteiger partial charge is 0.0580 e. The topological polar surface area (TPSA) is 0 Å². The van der Waals surface area contributed by atoms with Gasteiger partial charge in [-0.15, -0.1) is 34.4 Å². The van der Waals surface area contributed by atoms with Crippen LogP contribution in [0.25, 0.3) is 9.75 Å². The molecule has 3 heterocycles. The highest BCUT2D eigenvalue weighted by Gasteiger charge is 2.38. The molecule has 3 rings (SSSR count). The van der Waals surface area contributed by atoms with Crippen molar-refractivity contribution in [2.24, 2.45) is 0 Å². The lowest BCUT2D eigenvalue weighted by atomic mass is 9.94. The molecule has 2 aromatic heterocycles. The summed E-state index contributed by atoms with van der Waals surface area (Å²) in [5.41, 5.74) is 0. The van der Waals surface area contributed by atoms with Gasteiger partial charge in [0.1, 0.15) is 0 Å². The first-order valence-electron chi connectivity index (χ1n) is 12.8. The molecule has 31 heavy (non-hydrogen) atoms. The van der Waals surface area contributed by atoms with Gasteiger partial charge in [0, 0.05) is 14.6 Å². The minimum Gasteiger partial charge on any atom is -0.143 e. The van der Waals surface area contributed by atoms with Gasteiger partial charge in [0.05, 0.1) is 4.75 Å². The number of rotatable bonds is 16. The maximum atomic E-state index is 2.60. The Morgan fingerprint density at radius 3 is 2.19 bits per heavy atom. The van der Waals surface area contributed by atoms with E-state index in [-0.39, 0.29) is 0 Å². The molecule has 0 nitrogen and oxygen atoms in total. The molecule has 2 aromatic rings. The number of thioether (sulfide) groups is 1. The lowest BCUT2D eigenvalue weighted by Crippen LogP contribution is -2.17. The molecule has 172 valence electrons. The van der Waals surface area contributed by atoms with Crippen molar-refractivity contribution in [3.8, 4) is 9.75 Å². The molecule has 0 amide bonds. The Morgan fingerprint density at radius 2 is 1.48 bits per heavy atom. The van der Waals surface area contributed by atoms with Crippen LogP contribution in [0.5, 0.6) is 0 Å². The van der Waals surface area contributed by atoms with Crippen LogP contribution in [0.15, 0.2) is 40.6 Å². The number of hydrogen-bond donors (Lipinski definition) is 0. The SMILES string of the molecule is CCCCCCCCC1=CCC(CCCCCCCC)(c2ccc(-c3cccs3)s2)S1. The molecule has 1 unspecified atom stereocenters. The number of thiophene rings is 2. The Kier molecular flexibility index (Phi) is 11.3. The van der Waals surface area contributed by atoms with Gasteiger partial charge in [0.25, 0.3) is 0 Å². The van der Waals surface area contributed by atoms with Crippen molar-refractivity contribution >= 4 is 34.4 Å². The summed E-state index contributed by atoms with van der Waals surface area (Å²) < 4.78 is 0.308. The van der Waals surface area contributed by atoms with E-state index in [4.69, 9.17) is 0 Å². The third-order valence-electron chi connectivity index (χ3n) is 6.52. The lowest BCUT2D eigenvalue weighted by molar-refractivity contribution is 0.519. The average molecular weight is 475 g/mol. The Morgan fingerprint density at radius 1 is 0.774 bits per heavy atom. The van der Waals surface area contributed by atoms with Crippen LogP contribution in [0.1, 0.15) is 115 Å². The fraction of sp³-hybridized carbons (Fsp3) is 0.643. The van der Waals surface area contributed by atoms with Crippen molar-refractivity contribution in [2.45, 2.75) is 115 Å². The molecule has 0 spiro atoms. The molecule has 0 fully saturated rings. The summed E-state index contributed by atoms with van der Waals surface area (Å²) in [5, 5.41) is 2.20. The molecule has 0 aliphatic carbocycles. The Hall–Kier alpha value is -0.510. The molecule has 1 atom stereocenters. The predicted octanol–water partition coefficient (Wildman–Crippen LogP) is 11.2. The van der Waals surface area contributed by atoms with Gasteiger partial charge in [-0.25, -0.2) is 0 Å². The Bertz CT molecular complexity index is 755. The van der Waals surface area contributed by atoms with Gasteiger partial charge in [-0.2, -0.15) is 0 Å². The number of allylic oxidation sites excluding steroid dienone is 2. The maximum Gasteiger partial charge on any atom is 0.0580 e. The van der Waals surface area contributed by atoms with E-state index in [9.17, 15) is 0 Å². The van der Waals surface area contributed by atoms with Crippen molar-refractivity contribution < 1.29 is 0 Å². The van der Waals surface area contributed by atoms with Gasteiger partial charge in [-0.3, -0.25) is 0 Å². The van der Waals surface area contributed by atoms with Crippen LogP contribution in [0.4, 0.5) is 0 Å². The third-order valence-corrected chi connectivity index (χ3v) is 10.6. The summed E-state index contributed by atoms with van der Waals surface area (Å²) in [6, 6.07) is 9.27. The second-order valence-electron chi connectivity index (χ2n) is 9.15. The quantitative estimate of drug-likeness (QED) is 0.218. The Labute approximate surface area is 203 Å². The number of hydrogen-bond acceptors (Lipinski definition) is 3. The molecule has 0 radical (unpaired) electrons. The van der Waals surface area contributed by atoms with E-state index in [1.165, 1.54) is 106 Å². The van der Waals surface area contributed by atoms with E-state index in [1.54, 1.807) is 9.78 Å². The van der Waals surface area contributed by atoms with Crippen molar-refractivity contribution in [3.63, 3.8) is 0 Å². The molecule has 0 saturated heterocycles. The van der Waals surface area contributed by atoms with Crippen LogP contribution in [-0.4, -0.2) is 0 Å².